The van der Waals surface area contributed by atoms with Gasteiger partial charge in [-0.1, -0.05) is 72.4 Å². The minimum atomic E-state index is -0.461. The molecule has 0 aliphatic rings. The fourth-order valence-corrected chi connectivity index (χ4v) is 4.32. The van der Waals surface area contributed by atoms with Crippen LogP contribution in [0.1, 0.15) is 29.9 Å². The van der Waals surface area contributed by atoms with E-state index in [2.05, 4.69) is 15.5 Å². The number of nitrogens with zero attached hydrogens (tertiary/aromatic N) is 4. The van der Waals surface area contributed by atoms with Gasteiger partial charge in [-0.3, -0.25) is 19.5 Å². The molecule has 4 rings (SSSR count). The molecule has 0 fully saturated rings. The van der Waals surface area contributed by atoms with Crippen molar-refractivity contribution in [3.8, 4) is 5.69 Å². The zero-order valence-corrected chi connectivity index (χ0v) is 19.8. The number of carbonyl (C=O) groups is 1. The van der Waals surface area contributed by atoms with Gasteiger partial charge in [0.1, 0.15) is 0 Å². The van der Waals surface area contributed by atoms with Crippen LogP contribution < -0.4 is 5.32 Å². The van der Waals surface area contributed by atoms with Crippen molar-refractivity contribution in [2.24, 2.45) is 0 Å². The van der Waals surface area contributed by atoms with Crippen molar-refractivity contribution < 1.29 is 9.72 Å². The molecule has 0 bridgehead atoms. The first kappa shape index (κ1) is 23.9. The van der Waals surface area contributed by atoms with Gasteiger partial charge in [0.15, 0.2) is 11.0 Å². The molecule has 9 heteroatoms. The zero-order chi connectivity index (χ0) is 24.6. The Labute approximate surface area is 206 Å². The first-order valence-corrected chi connectivity index (χ1v) is 11.9. The molecule has 0 saturated carbocycles. The summed E-state index contributed by atoms with van der Waals surface area (Å²) in [5, 5.41) is 23.4. The number of amides is 1. The van der Waals surface area contributed by atoms with E-state index >= 15 is 0 Å². The summed E-state index contributed by atoms with van der Waals surface area (Å²) in [6, 6.07) is 25.2. The van der Waals surface area contributed by atoms with Crippen molar-refractivity contribution in [2.45, 2.75) is 23.9 Å². The molecular weight excluding hydrogens is 462 g/mol. The SMILES string of the molecule is CC(NC(=O)/C=C/c1ccccc1)c1nnc(SCc2ccccc2)n1-c1ccc([N+](=O)[O-])cc1. The first-order chi connectivity index (χ1) is 17.0. The fourth-order valence-electron chi connectivity index (χ4n) is 3.41. The lowest BCUT2D eigenvalue weighted by Gasteiger charge is -2.15. The van der Waals surface area contributed by atoms with Gasteiger partial charge in [-0.2, -0.15) is 0 Å². The summed E-state index contributed by atoms with van der Waals surface area (Å²) < 4.78 is 1.82. The molecule has 8 nitrogen and oxygen atoms in total. The Bertz CT molecular complexity index is 1320. The molecule has 0 radical (unpaired) electrons. The topological polar surface area (TPSA) is 103 Å². The molecule has 176 valence electrons. The van der Waals surface area contributed by atoms with Gasteiger partial charge in [-0.05, 0) is 36.3 Å². The summed E-state index contributed by atoms with van der Waals surface area (Å²) >= 11 is 1.50. The number of nitrogens with one attached hydrogen (secondary N) is 1. The molecule has 1 atom stereocenters. The van der Waals surface area contributed by atoms with Crippen LogP contribution in [0.5, 0.6) is 0 Å². The molecule has 0 aliphatic heterocycles. The third-order valence-corrected chi connectivity index (χ3v) is 6.16. The summed E-state index contributed by atoms with van der Waals surface area (Å²) in [5.74, 6) is 0.931. The van der Waals surface area contributed by atoms with Crippen LogP contribution in [0.4, 0.5) is 5.69 Å². The Hall–Kier alpha value is -4.24. The maximum atomic E-state index is 12.5. The molecule has 0 aliphatic carbocycles. The van der Waals surface area contributed by atoms with Gasteiger partial charge in [0, 0.05) is 29.6 Å². The molecule has 0 saturated heterocycles. The van der Waals surface area contributed by atoms with Crippen LogP contribution in [0.2, 0.25) is 0 Å². The van der Waals surface area contributed by atoms with Crippen molar-refractivity contribution in [3.05, 3.63) is 118 Å². The summed E-state index contributed by atoms with van der Waals surface area (Å²) in [6.07, 6.45) is 3.22. The maximum Gasteiger partial charge on any atom is 0.269 e. The van der Waals surface area contributed by atoms with Crippen molar-refractivity contribution >= 4 is 29.4 Å². The largest absolute Gasteiger partial charge is 0.343 e. The normalized spacial score (nSPS) is 11.9. The quantitative estimate of drug-likeness (QED) is 0.148. The third-order valence-electron chi connectivity index (χ3n) is 5.16. The first-order valence-electron chi connectivity index (χ1n) is 10.9. The van der Waals surface area contributed by atoms with Gasteiger partial charge < -0.3 is 5.32 Å². The number of thioether (sulfide) groups is 1. The molecular formula is C26H23N5O3S. The number of carbonyl (C=O) groups excluding carboxylic acids is 1. The number of hydrogen-bond acceptors (Lipinski definition) is 6. The second kappa shape index (κ2) is 11.3. The number of nitro benzene ring substituents is 1. The summed E-state index contributed by atoms with van der Waals surface area (Å²) in [7, 11) is 0. The van der Waals surface area contributed by atoms with Gasteiger partial charge >= 0.3 is 0 Å². The van der Waals surface area contributed by atoms with Crippen molar-refractivity contribution in [2.75, 3.05) is 0 Å². The van der Waals surface area contributed by atoms with Gasteiger partial charge in [0.25, 0.3) is 5.69 Å². The average molecular weight is 486 g/mol. The van der Waals surface area contributed by atoms with Crippen LogP contribution >= 0.6 is 11.8 Å². The molecule has 1 heterocycles. The Kier molecular flexibility index (Phi) is 7.69. The molecule has 1 amide bonds. The number of rotatable bonds is 9. The average Bonchev–Trinajstić information content (AvgIpc) is 3.32. The van der Waals surface area contributed by atoms with Crippen molar-refractivity contribution in [1.29, 1.82) is 0 Å². The van der Waals surface area contributed by atoms with E-state index in [4.69, 9.17) is 0 Å². The van der Waals surface area contributed by atoms with Crippen molar-refractivity contribution in [1.82, 2.24) is 20.1 Å². The van der Waals surface area contributed by atoms with Crippen LogP contribution in [-0.2, 0) is 10.5 Å². The van der Waals surface area contributed by atoms with E-state index in [0.29, 0.717) is 22.4 Å². The monoisotopic (exact) mass is 485 g/mol. The van der Waals surface area contributed by atoms with Crippen LogP contribution in [0.3, 0.4) is 0 Å². The Morgan fingerprint density at radius 1 is 1.03 bits per heavy atom. The van der Waals surface area contributed by atoms with E-state index in [1.165, 1.54) is 30.0 Å². The minimum absolute atomic E-state index is 0.00531. The van der Waals surface area contributed by atoms with Crippen LogP contribution in [-0.4, -0.2) is 25.6 Å². The molecule has 1 N–H and O–H groups in total. The number of nitro groups is 1. The van der Waals surface area contributed by atoms with Gasteiger partial charge in [0.2, 0.25) is 5.91 Å². The highest BCUT2D eigenvalue weighted by Crippen LogP contribution is 2.28. The van der Waals surface area contributed by atoms with E-state index in [-0.39, 0.29) is 11.6 Å². The van der Waals surface area contributed by atoms with Crippen molar-refractivity contribution in [3.63, 3.8) is 0 Å². The summed E-state index contributed by atoms with van der Waals surface area (Å²) in [6.45, 7) is 1.83. The van der Waals surface area contributed by atoms with E-state index < -0.39 is 11.0 Å². The standard InChI is InChI=1S/C26H23N5O3S/c1-19(27-24(32)17-12-20-8-4-2-5-9-20)25-28-29-26(35-18-21-10-6-3-7-11-21)30(25)22-13-15-23(16-14-22)31(33)34/h2-17,19H,18H2,1H3,(H,27,32)/b17-12+. The number of benzene rings is 3. The second-order valence-electron chi connectivity index (χ2n) is 7.70. The molecule has 1 aromatic heterocycles. The van der Waals surface area contributed by atoms with Crippen LogP contribution in [0, 0.1) is 10.1 Å². The lowest BCUT2D eigenvalue weighted by molar-refractivity contribution is -0.384. The zero-order valence-electron chi connectivity index (χ0n) is 18.9. The van der Waals surface area contributed by atoms with Crippen LogP contribution in [0.15, 0.2) is 96.2 Å². The third kappa shape index (κ3) is 6.21. The molecule has 0 spiro atoms. The lowest BCUT2D eigenvalue weighted by atomic mass is 10.2. The van der Waals surface area contributed by atoms with E-state index in [9.17, 15) is 14.9 Å². The highest BCUT2D eigenvalue weighted by atomic mass is 32.2. The molecule has 3 aromatic carbocycles. The smallest absolute Gasteiger partial charge is 0.269 e. The summed E-state index contributed by atoms with van der Waals surface area (Å²) in [5.41, 5.74) is 2.72. The summed E-state index contributed by atoms with van der Waals surface area (Å²) in [4.78, 5) is 23.2. The predicted molar refractivity (Wildman–Crippen MR) is 136 cm³/mol. The molecule has 4 aromatic rings. The molecule has 35 heavy (non-hydrogen) atoms. The minimum Gasteiger partial charge on any atom is -0.343 e. The Morgan fingerprint density at radius 3 is 2.34 bits per heavy atom. The highest BCUT2D eigenvalue weighted by molar-refractivity contribution is 7.98. The number of hydrogen-bond donors (Lipinski definition) is 1. The second-order valence-corrected chi connectivity index (χ2v) is 8.64. The van der Waals surface area contributed by atoms with E-state index in [0.717, 1.165) is 11.1 Å². The van der Waals surface area contributed by atoms with Gasteiger partial charge in [-0.15, -0.1) is 10.2 Å². The van der Waals surface area contributed by atoms with Gasteiger partial charge in [0.05, 0.1) is 11.0 Å². The van der Waals surface area contributed by atoms with E-state index in [1.807, 2.05) is 72.2 Å². The lowest BCUT2D eigenvalue weighted by Crippen LogP contribution is -2.27. The Morgan fingerprint density at radius 2 is 1.69 bits per heavy atom. The highest BCUT2D eigenvalue weighted by Gasteiger charge is 2.21. The fraction of sp³-hybridized carbons (Fsp3) is 0.115. The van der Waals surface area contributed by atoms with Gasteiger partial charge in [-0.25, -0.2) is 0 Å². The van der Waals surface area contributed by atoms with Crippen LogP contribution in [0.25, 0.3) is 11.8 Å². The van der Waals surface area contributed by atoms with E-state index in [1.54, 1.807) is 18.2 Å². The number of non-ortho nitro benzene ring substituents is 1. The Balaban J connectivity index is 1.58. The maximum absolute atomic E-state index is 12.5. The number of aromatic nitrogens is 3. The molecule has 1 unspecified atom stereocenters. The predicted octanol–water partition coefficient (Wildman–Crippen LogP) is 5.36.